The Balaban J connectivity index is 1.70. The minimum Gasteiger partial charge on any atom is -0.370 e. The highest BCUT2D eigenvalue weighted by Gasteiger charge is 2.23. The number of carbonyl (C=O) groups excluding carboxylic acids is 1. The number of rotatable bonds is 3. The van der Waals surface area contributed by atoms with Crippen LogP contribution >= 0.6 is 0 Å². The summed E-state index contributed by atoms with van der Waals surface area (Å²) >= 11 is 0. The number of aryl methyl sites for hydroxylation is 2. The normalized spacial score (nSPS) is 22.7. The molecule has 1 aliphatic carbocycles. The molecule has 0 N–H and O–H groups in total. The summed E-state index contributed by atoms with van der Waals surface area (Å²) in [6, 6.07) is 6.52. The van der Waals surface area contributed by atoms with Gasteiger partial charge in [0.1, 0.15) is 6.10 Å². The maximum atomic E-state index is 12.0. The van der Waals surface area contributed by atoms with E-state index in [-0.39, 0.29) is 11.9 Å². The van der Waals surface area contributed by atoms with Crippen LogP contribution in [0.5, 0.6) is 0 Å². The van der Waals surface area contributed by atoms with Crippen molar-refractivity contribution in [1.29, 1.82) is 0 Å². The van der Waals surface area contributed by atoms with Crippen molar-refractivity contribution in [3.8, 4) is 0 Å². The minimum atomic E-state index is -0.136. The molecule has 2 nitrogen and oxygen atoms in total. The first-order valence-corrected chi connectivity index (χ1v) is 6.58. The van der Waals surface area contributed by atoms with Crippen molar-refractivity contribution in [3.05, 3.63) is 34.9 Å². The zero-order valence-corrected chi connectivity index (χ0v) is 10.1. The maximum absolute atomic E-state index is 12.0. The van der Waals surface area contributed by atoms with E-state index in [4.69, 9.17) is 4.74 Å². The van der Waals surface area contributed by atoms with E-state index >= 15 is 0 Å². The highest BCUT2D eigenvalue weighted by molar-refractivity contribution is 5.85. The first kappa shape index (κ1) is 11.0. The second kappa shape index (κ2) is 4.61. The fraction of sp³-hybridized carbons (Fsp3) is 0.533. The summed E-state index contributed by atoms with van der Waals surface area (Å²) in [5.74, 6) is 0.250. The number of hydrogen-bond acceptors (Lipinski definition) is 2. The lowest BCUT2D eigenvalue weighted by molar-refractivity contribution is -0.127. The van der Waals surface area contributed by atoms with Crippen LogP contribution < -0.4 is 0 Å². The fourth-order valence-electron chi connectivity index (χ4n) is 2.88. The van der Waals surface area contributed by atoms with Crippen molar-refractivity contribution >= 4 is 5.78 Å². The van der Waals surface area contributed by atoms with E-state index in [0.29, 0.717) is 6.42 Å². The van der Waals surface area contributed by atoms with Gasteiger partial charge in [-0.1, -0.05) is 18.2 Å². The monoisotopic (exact) mass is 230 g/mol. The molecule has 1 saturated heterocycles. The lowest BCUT2D eigenvalue weighted by Crippen LogP contribution is -2.21. The van der Waals surface area contributed by atoms with Gasteiger partial charge in [-0.2, -0.15) is 0 Å². The highest BCUT2D eigenvalue weighted by atomic mass is 16.5. The van der Waals surface area contributed by atoms with Gasteiger partial charge >= 0.3 is 0 Å². The highest BCUT2D eigenvalue weighted by Crippen LogP contribution is 2.23. The van der Waals surface area contributed by atoms with Gasteiger partial charge in [0.05, 0.1) is 0 Å². The molecule has 1 fully saturated rings. The Morgan fingerprint density at radius 2 is 2.12 bits per heavy atom. The standard InChI is InChI=1S/C15H18O2/c16-14(15-5-2-8-17-15)10-11-6-7-12-3-1-4-13(12)9-11/h6-7,9,15H,1-5,8,10H2. The van der Waals surface area contributed by atoms with Crippen molar-refractivity contribution < 1.29 is 9.53 Å². The summed E-state index contributed by atoms with van der Waals surface area (Å²) in [7, 11) is 0. The Hall–Kier alpha value is -1.15. The summed E-state index contributed by atoms with van der Waals surface area (Å²) in [6.45, 7) is 0.751. The number of fused-ring (bicyclic) bond motifs is 1. The van der Waals surface area contributed by atoms with Crippen LogP contribution in [0.2, 0.25) is 0 Å². The predicted octanol–water partition coefficient (Wildman–Crippen LogP) is 2.47. The van der Waals surface area contributed by atoms with Gasteiger partial charge in [-0.3, -0.25) is 4.79 Å². The van der Waals surface area contributed by atoms with Gasteiger partial charge in [-0.05, 0) is 48.8 Å². The second-order valence-electron chi connectivity index (χ2n) is 5.10. The molecule has 0 saturated carbocycles. The third kappa shape index (κ3) is 2.27. The van der Waals surface area contributed by atoms with Gasteiger partial charge in [-0.25, -0.2) is 0 Å². The molecule has 90 valence electrons. The minimum absolute atomic E-state index is 0.136. The van der Waals surface area contributed by atoms with Crippen LogP contribution in [0.25, 0.3) is 0 Å². The van der Waals surface area contributed by atoms with Crippen LogP contribution in [0, 0.1) is 0 Å². The lowest BCUT2D eigenvalue weighted by Gasteiger charge is -2.09. The van der Waals surface area contributed by atoms with Gasteiger partial charge in [0.2, 0.25) is 0 Å². The first-order chi connectivity index (χ1) is 8.33. The summed E-state index contributed by atoms with van der Waals surface area (Å²) in [6.07, 6.45) is 5.98. The van der Waals surface area contributed by atoms with Crippen LogP contribution in [-0.2, 0) is 28.8 Å². The molecule has 0 spiro atoms. The van der Waals surface area contributed by atoms with Crippen LogP contribution in [0.15, 0.2) is 18.2 Å². The molecule has 1 aromatic carbocycles. The van der Waals surface area contributed by atoms with Crippen molar-refractivity contribution in [3.63, 3.8) is 0 Å². The van der Waals surface area contributed by atoms with Crippen molar-refractivity contribution in [2.45, 2.75) is 44.6 Å². The summed E-state index contributed by atoms with van der Waals surface area (Å²) in [5, 5.41) is 0. The van der Waals surface area contributed by atoms with E-state index < -0.39 is 0 Å². The molecule has 1 aromatic rings. The summed E-state index contributed by atoms with van der Waals surface area (Å²) in [4.78, 5) is 12.0. The molecule has 3 rings (SSSR count). The van der Waals surface area contributed by atoms with E-state index in [1.54, 1.807) is 0 Å². The van der Waals surface area contributed by atoms with Crippen molar-refractivity contribution in [1.82, 2.24) is 0 Å². The van der Waals surface area contributed by atoms with E-state index in [1.165, 1.54) is 30.4 Å². The van der Waals surface area contributed by atoms with Gasteiger partial charge < -0.3 is 4.74 Å². The number of carbonyl (C=O) groups is 1. The molecule has 0 amide bonds. The van der Waals surface area contributed by atoms with E-state index in [2.05, 4.69) is 18.2 Å². The summed E-state index contributed by atoms with van der Waals surface area (Å²) < 4.78 is 5.43. The Labute approximate surface area is 102 Å². The van der Waals surface area contributed by atoms with Crippen LogP contribution in [0.3, 0.4) is 0 Å². The molecular weight excluding hydrogens is 212 g/mol. The second-order valence-corrected chi connectivity index (χ2v) is 5.10. The Morgan fingerprint density at radius 1 is 1.24 bits per heavy atom. The molecule has 1 atom stereocenters. The third-order valence-electron chi connectivity index (χ3n) is 3.83. The Morgan fingerprint density at radius 3 is 2.94 bits per heavy atom. The average Bonchev–Trinajstić information content (AvgIpc) is 2.99. The average molecular weight is 230 g/mol. The van der Waals surface area contributed by atoms with Crippen LogP contribution in [0.1, 0.15) is 36.0 Å². The predicted molar refractivity (Wildman–Crippen MR) is 66.2 cm³/mol. The quantitative estimate of drug-likeness (QED) is 0.797. The molecule has 1 unspecified atom stereocenters. The largest absolute Gasteiger partial charge is 0.370 e. The molecule has 2 aliphatic rings. The molecule has 2 heteroatoms. The number of Topliss-reactive ketones (excluding diaryl/α,β-unsaturated/α-hetero) is 1. The van der Waals surface area contributed by atoms with E-state index in [0.717, 1.165) is 25.0 Å². The van der Waals surface area contributed by atoms with Gasteiger partial charge in [0.15, 0.2) is 5.78 Å². The molecule has 0 bridgehead atoms. The first-order valence-electron chi connectivity index (χ1n) is 6.58. The smallest absolute Gasteiger partial charge is 0.165 e. The number of ether oxygens (including phenoxy) is 1. The van der Waals surface area contributed by atoms with E-state index in [1.807, 2.05) is 0 Å². The zero-order valence-electron chi connectivity index (χ0n) is 10.1. The van der Waals surface area contributed by atoms with Crippen LogP contribution in [-0.4, -0.2) is 18.5 Å². The molecule has 0 aromatic heterocycles. The van der Waals surface area contributed by atoms with Crippen molar-refractivity contribution in [2.75, 3.05) is 6.61 Å². The van der Waals surface area contributed by atoms with Gasteiger partial charge in [-0.15, -0.1) is 0 Å². The SMILES string of the molecule is O=C(Cc1ccc2c(c1)CCC2)C1CCCO1. The third-order valence-corrected chi connectivity index (χ3v) is 3.83. The number of benzene rings is 1. The topological polar surface area (TPSA) is 26.3 Å². The molecule has 17 heavy (non-hydrogen) atoms. The van der Waals surface area contributed by atoms with Gasteiger partial charge in [0.25, 0.3) is 0 Å². The zero-order chi connectivity index (χ0) is 11.7. The Bertz CT molecular complexity index is 431. The number of hydrogen-bond donors (Lipinski definition) is 0. The molecule has 0 radical (unpaired) electrons. The van der Waals surface area contributed by atoms with Gasteiger partial charge in [0, 0.05) is 13.0 Å². The lowest BCUT2D eigenvalue weighted by atomic mass is 10.00. The Kier molecular flexibility index (Phi) is 2.98. The van der Waals surface area contributed by atoms with Crippen LogP contribution in [0.4, 0.5) is 0 Å². The summed E-state index contributed by atoms with van der Waals surface area (Å²) in [5.41, 5.74) is 4.08. The maximum Gasteiger partial charge on any atom is 0.165 e. The molecule has 1 aliphatic heterocycles. The molecule has 1 heterocycles. The van der Waals surface area contributed by atoms with Crippen molar-refractivity contribution in [2.24, 2.45) is 0 Å². The molecular formula is C15H18O2. The van der Waals surface area contributed by atoms with E-state index in [9.17, 15) is 4.79 Å². The fourth-order valence-corrected chi connectivity index (χ4v) is 2.88. The number of ketones is 1.